The molecule has 1 N–H and O–H groups in total. The first-order chi connectivity index (χ1) is 15.0. The van der Waals surface area contributed by atoms with Crippen LogP contribution in [0.3, 0.4) is 0 Å². The van der Waals surface area contributed by atoms with E-state index in [-0.39, 0.29) is 24.1 Å². The van der Waals surface area contributed by atoms with Gasteiger partial charge in [-0.1, -0.05) is 36.4 Å². The van der Waals surface area contributed by atoms with E-state index in [0.29, 0.717) is 16.7 Å². The summed E-state index contributed by atoms with van der Waals surface area (Å²) in [5, 5.41) is 0.554. The van der Waals surface area contributed by atoms with E-state index in [1.54, 1.807) is 22.3 Å². The zero-order valence-electron chi connectivity index (χ0n) is 17.5. The van der Waals surface area contributed by atoms with Crippen molar-refractivity contribution in [2.45, 2.75) is 39.3 Å². The average molecular weight is 430 g/mol. The average Bonchev–Trinajstić information content (AvgIpc) is 3.22. The second kappa shape index (κ2) is 7.78. The lowest BCUT2D eigenvalue weighted by Crippen LogP contribution is -2.37. The number of carbonyl (C=O) groups excluding carboxylic acids is 1. The van der Waals surface area contributed by atoms with Crippen LogP contribution in [-0.4, -0.2) is 26.8 Å². The van der Waals surface area contributed by atoms with Crippen molar-refractivity contribution in [1.82, 2.24) is 14.9 Å². The molecule has 0 fully saturated rings. The first-order valence-corrected chi connectivity index (χ1v) is 11.3. The summed E-state index contributed by atoms with van der Waals surface area (Å²) in [6.45, 7) is 4.23. The summed E-state index contributed by atoms with van der Waals surface area (Å²) in [4.78, 5) is 37.1. The van der Waals surface area contributed by atoms with Crippen molar-refractivity contribution in [3.8, 4) is 10.4 Å². The highest BCUT2D eigenvalue weighted by Crippen LogP contribution is 2.40. The van der Waals surface area contributed by atoms with Crippen molar-refractivity contribution in [3.63, 3.8) is 0 Å². The van der Waals surface area contributed by atoms with Crippen molar-refractivity contribution in [1.29, 1.82) is 0 Å². The SMILES string of the molecule is CC(C)N(Cc1nc2ccccc2c(=O)[nH]1)C(=O)c1cc2c(s1)-c1ccccc1CC2. The number of rotatable bonds is 4. The van der Waals surface area contributed by atoms with Crippen LogP contribution in [0, 0.1) is 0 Å². The Labute approximate surface area is 184 Å². The number of para-hydroxylation sites is 1. The molecule has 2 aromatic heterocycles. The number of aryl methyl sites for hydroxylation is 2. The number of hydrogen-bond donors (Lipinski definition) is 1. The molecule has 1 aliphatic rings. The number of nitrogens with zero attached hydrogens (tertiary/aromatic N) is 2. The molecule has 5 nitrogen and oxygen atoms in total. The highest BCUT2D eigenvalue weighted by atomic mass is 32.1. The van der Waals surface area contributed by atoms with E-state index in [2.05, 4.69) is 34.2 Å². The van der Waals surface area contributed by atoms with Crippen LogP contribution in [0.25, 0.3) is 21.3 Å². The van der Waals surface area contributed by atoms with E-state index in [1.807, 2.05) is 38.1 Å². The molecule has 0 saturated carbocycles. The van der Waals surface area contributed by atoms with Crippen LogP contribution in [0.4, 0.5) is 0 Å². The van der Waals surface area contributed by atoms with Crippen LogP contribution in [-0.2, 0) is 19.4 Å². The molecule has 6 heteroatoms. The molecule has 2 aromatic carbocycles. The molecule has 0 spiro atoms. The Morgan fingerprint density at radius 2 is 1.84 bits per heavy atom. The van der Waals surface area contributed by atoms with Gasteiger partial charge < -0.3 is 9.88 Å². The number of thiophene rings is 1. The molecule has 2 heterocycles. The monoisotopic (exact) mass is 429 g/mol. The topological polar surface area (TPSA) is 66.1 Å². The highest BCUT2D eigenvalue weighted by Gasteiger charge is 2.26. The summed E-state index contributed by atoms with van der Waals surface area (Å²) in [5.41, 5.74) is 4.28. The third-order valence-electron chi connectivity index (χ3n) is 5.81. The van der Waals surface area contributed by atoms with Gasteiger partial charge in [0.2, 0.25) is 0 Å². The molecule has 1 amide bonds. The van der Waals surface area contributed by atoms with Crippen LogP contribution in [0.2, 0.25) is 0 Å². The van der Waals surface area contributed by atoms with Crippen molar-refractivity contribution in [3.05, 3.63) is 86.8 Å². The fraction of sp³-hybridized carbons (Fsp3) is 0.240. The maximum absolute atomic E-state index is 13.5. The minimum absolute atomic E-state index is 0.0253. The molecule has 1 aliphatic carbocycles. The van der Waals surface area contributed by atoms with Crippen LogP contribution < -0.4 is 5.56 Å². The fourth-order valence-electron chi connectivity index (χ4n) is 4.18. The number of aromatic amines is 1. The predicted octanol–water partition coefficient (Wildman–Crippen LogP) is 4.80. The van der Waals surface area contributed by atoms with Gasteiger partial charge in [-0.3, -0.25) is 9.59 Å². The minimum atomic E-state index is -0.181. The summed E-state index contributed by atoms with van der Waals surface area (Å²) < 4.78 is 0. The lowest BCUT2D eigenvalue weighted by molar-refractivity contribution is 0.0690. The standard InChI is InChI=1S/C25H23N3O2S/c1-15(2)28(14-22-26-20-10-6-5-9-19(20)24(29)27-22)25(30)21-13-17-12-11-16-7-3-4-8-18(16)23(17)31-21/h3-10,13,15H,11-12,14H2,1-2H3,(H,26,27,29). The Morgan fingerprint density at radius 3 is 2.68 bits per heavy atom. The van der Waals surface area contributed by atoms with Gasteiger partial charge in [0.25, 0.3) is 11.5 Å². The molecule has 0 radical (unpaired) electrons. The summed E-state index contributed by atoms with van der Waals surface area (Å²) in [6.07, 6.45) is 1.96. The second-order valence-corrected chi connectivity index (χ2v) is 9.23. The van der Waals surface area contributed by atoms with Crippen LogP contribution in [0.1, 0.15) is 40.5 Å². The van der Waals surface area contributed by atoms with Gasteiger partial charge in [0.15, 0.2) is 0 Å². The van der Waals surface area contributed by atoms with Crippen molar-refractivity contribution in [2.75, 3.05) is 0 Å². The second-order valence-electron chi connectivity index (χ2n) is 8.18. The lowest BCUT2D eigenvalue weighted by Gasteiger charge is -2.25. The molecule has 31 heavy (non-hydrogen) atoms. The van der Waals surface area contributed by atoms with E-state index in [0.717, 1.165) is 17.7 Å². The molecule has 0 unspecified atom stereocenters. The van der Waals surface area contributed by atoms with E-state index in [4.69, 9.17) is 0 Å². The van der Waals surface area contributed by atoms with Crippen molar-refractivity contribution in [2.24, 2.45) is 0 Å². The maximum atomic E-state index is 13.5. The number of hydrogen-bond acceptors (Lipinski definition) is 4. The van der Waals surface area contributed by atoms with E-state index >= 15 is 0 Å². The van der Waals surface area contributed by atoms with E-state index < -0.39 is 0 Å². The van der Waals surface area contributed by atoms with Gasteiger partial charge in [-0.2, -0.15) is 0 Å². The number of carbonyl (C=O) groups is 1. The summed E-state index contributed by atoms with van der Waals surface area (Å²) in [6, 6.07) is 17.7. The van der Waals surface area contributed by atoms with Crippen LogP contribution in [0.15, 0.2) is 59.4 Å². The van der Waals surface area contributed by atoms with Gasteiger partial charge in [-0.15, -0.1) is 11.3 Å². The highest BCUT2D eigenvalue weighted by molar-refractivity contribution is 7.17. The fourth-order valence-corrected chi connectivity index (χ4v) is 5.41. The summed E-state index contributed by atoms with van der Waals surface area (Å²) in [5.74, 6) is 0.472. The minimum Gasteiger partial charge on any atom is -0.328 e. The number of aromatic nitrogens is 2. The molecule has 5 rings (SSSR count). The Hall–Kier alpha value is -3.25. The molecule has 0 bridgehead atoms. The van der Waals surface area contributed by atoms with Crippen molar-refractivity contribution >= 4 is 28.1 Å². The normalized spacial score (nSPS) is 12.6. The van der Waals surface area contributed by atoms with E-state index in [1.165, 1.54) is 21.6 Å². The predicted molar refractivity (Wildman–Crippen MR) is 125 cm³/mol. The largest absolute Gasteiger partial charge is 0.328 e. The van der Waals surface area contributed by atoms with Gasteiger partial charge in [-0.05, 0) is 61.6 Å². The number of H-pyrrole nitrogens is 1. The lowest BCUT2D eigenvalue weighted by atomic mass is 9.91. The summed E-state index contributed by atoms with van der Waals surface area (Å²) in [7, 11) is 0. The zero-order chi connectivity index (χ0) is 21.5. The van der Waals surface area contributed by atoms with Gasteiger partial charge in [0.05, 0.1) is 22.3 Å². The number of amides is 1. The zero-order valence-corrected chi connectivity index (χ0v) is 18.3. The molecule has 4 aromatic rings. The Bertz CT molecular complexity index is 1350. The molecule has 156 valence electrons. The first-order valence-electron chi connectivity index (χ1n) is 10.5. The number of nitrogens with one attached hydrogen (secondary N) is 1. The summed E-state index contributed by atoms with van der Waals surface area (Å²) >= 11 is 1.56. The molecular formula is C25H23N3O2S. The quantitative estimate of drug-likeness (QED) is 0.507. The van der Waals surface area contributed by atoms with Crippen LogP contribution in [0.5, 0.6) is 0 Å². The first kappa shape index (κ1) is 19.7. The Kier molecular flexibility index (Phi) is 4.94. The van der Waals surface area contributed by atoms with E-state index in [9.17, 15) is 9.59 Å². The van der Waals surface area contributed by atoms with Gasteiger partial charge >= 0.3 is 0 Å². The third-order valence-corrected chi connectivity index (χ3v) is 7.01. The Balaban J connectivity index is 1.48. The smallest absolute Gasteiger partial charge is 0.264 e. The number of benzene rings is 2. The Morgan fingerprint density at radius 1 is 1.10 bits per heavy atom. The van der Waals surface area contributed by atoms with Gasteiger partial charge in [-0.25, -0.2) is 4.98 Å². The molecule has 0 saturated heterocycles. The molecule has 0 aliphatic heterocycles. The third kappa shape index (κ3) is 3.57. The van der Waals surface area contributed by atoms with Gasteiger partial charge in [0.1, 0.15) is 5.82 Å². The van der Waals surface area contributed by atoms with Gasteiger partial charge in [0, 0.05) is 10.9 Å². The molecular weight excluding hydrogens is 406 g/mol. The van der Waals surface area contributed by atoms with Crippen LogP contribution >= 0.6 is 11.3 Å². The number of fused-ring (bicyclic) bond motifs is 4. The maximum Gasteiger partial charge on any atom is 0.264 e. The van der Waals surface area contributed by atoms with Crippen molar-refractivity contribution < 1.29 is 4.79 Å². The molecule has 0 atom stereocenters.